The molecule has 0 saturated carbocycles. The molecule has 10 nitrogen and oxygen atoms in total. The van der Waals surface area contributed by atoms with Crippen LogP contribution in [0.4, 0.5) is 11.4 Å². The number of rotatable bonds is 7. The molecule has 0 aliphatic rings. The number of ether oxygens (including phenoxy) is 2. The lowest BCUT2D eigenvalue weighted by molar-refractivity contribution is -0.385. The van der Waals surface area contributed by atoms with E-state index < -0.39 is 4.92 Å². The summed E-state index contributed by atoms with van der Waals surface area (Å²) in [6, 6.07) is 0. The van der Waals surface area contributed by atoms with Crippen LogP contribution in [0.25, 0.3) is 0 Å². The first-order valence-electron chi connectivity index (χ1n) is 6.49. The largest absolute Gasteiger partial charge is 0.396 e. The van der Waals surface area contributed by atoms with Gasteiger partial charge in [-0.05, 0) is 0 Å². The van der Waals surface area contributed by atoms with E-state index in [1.165, 1.54) is 17.1 Å². The summed E-state index contributed by atoms with van der Waals surface area (Å²) in [6.07, 6.45) is 5.99. The second kappa shape index (κ2) is 9.47. The molecule has 0 unspecified atom stereocenters. The van der Waals surface area contributed by atoms with E-state index in [0.29, 0.717) is 25.4 Å². The molecule has 0 atom stereocenters. The number of nitrogens with two attached hydrogens (primary N) is 1. The summed E-state index contributed by atoms with van der Waals surface area (Å²) in [4.78, 5) is 9.73. The summed E-state index contributed by atoms with van der Waals surface area (Å²) in [5.74, 6) is 0. The maximum absolute atomic E-state index is 10.2. The Bertz CT molecular complexity index is 567. The van der Waals surface area contributed by atoms with Gasteiger partial charge in [0.1, 0.15) is 12.4 Å². The zero-order valence-electron chi connectivity index (χ0n) is 12.6. The van der Waals surface area contributed by atoms with Crippen LogP contribution < -0.4 is 5.73 Å². The molecule has 0 spiro atoms. The quantitative estimate of drug-likeness (QED) is 0.584. The van der Waals surface area contributed by atoms with Crippen LogP contribution in [0.2, 0.25) is 0 Å². The Balaban J connectivity index is 0.000000224. The Kier molecular flexibility index (Phi) is 7.57. The first-order valence-corrected chi connectivity index (χ1v) is 6.49. The first-order chi connectivity index (χ1) is 10.6. The van der Waals surface area contributed by atoms with E-state index in [0.717, 1.165) is 6.54 Å². The predicted molar refractivity (Wildman–Crippen MR) is 79.3 cm³/mol. The van der Waals surface area contributed by atoms with Crippen LogP contribution >= 0.6 is 0 Å². The third-order valence-corrected chi connectivity index (χ3v) is 2.53. The Labute approximate surface area is 127 Å². The number of nitrogens with zero attached hydrogens (tertiary/aromatic N) is 5. The van der Waals surface area contributed by atoms with Crippen LogP contribution in [0.5, 0.6) is 0 Å². The zero-order chi connectivity index (χ0) is 16.4. The standard InChI is InChI=1S/C6H9N3O3.C6H11N3O/c1-12-3-2-8-5-6(4-7-8)9(10)11;1-10-3-2-9-5-6(7)4-8-9/h4-5H,2-3H2,1H3;4-5H,2-3,7H2,1H3. The van der Waals surface area contributed by atoms with Gasteiger partial charge in [-0.2, -0.15) is 10.2 Å². The van der Waals surface area contributed by atoms with Crippen molar-refractivity contribution in [1.29, 1.82) is 0 Å². The molecule has 0 aromatic carbocycles. The highest BCUT2D eigenvalue weighted by Gasteiger charge is 2.07. The Morgan fingerprint density at radius 3 is 2.09 bits per heavy atom. The van der Waals surface area contributed by atoms with Crippen LogP contribution in [0.1, 0.15) is 0 Å². The molecule has 0 radical (unpaired) electrons. The number of anilines is 1. The second-order valence-electron chi connectivity index (χ2n) is 4.24. The third kappa shape index (κ3) is 6.33. The number of methoxy groups -OCH3 is 2. The molecule has 10 heteroatoms. The van der Waals surface area contributed by atoms with Gasteiger partial charge in [-0.3, -0.25) is 19.5 Å². The van der Waals surface area contributed by atoms with Crippen LogP contribution in [0, 0.1) is 10.1 Å². The Hall–Kier alpha value is -2.46. The highest BCUT2D eigenvalue weighted by molar-refractivity contribution is 5.30. The van der Waals surface area contributed by atoms with Gasteiger partial charge in [0.05, 0.1) is 43.1 Å². The minimum absolute atomic E-state index is 0.00565. The van der Waals surface area contributed by atoms with Gasteiger partial charge in [0.2, 0.25) is 0 Å². The van der Waals surface area contributed by atoms with Crippen LogP contribution in [-0.2, 0) is 22.6 Å². The smallest absolute Gasteiger partial charge is 0.306 e. The van der Waals surface area contributed by atoms with E-state index in [9.17, 15) is 10.1 Å². The highest BCUT2D eigenvalue weighted by Crippen LogP contribution is 2.06. The zero-order valence-corrected chi connectivity index (χ0v) is 12.6. The number of hydrogen-bond acceptors (Lipinski definition) is 7. The van der Waals surface area contributed by atoms with Crippen molar-refractivity contribution in [2.75, 3.05) is 33.2 Å². The molecule has 2 heterocycles. The van der Waals surface area contributed by atoms with Gasteiger partial charge in [-0.25, -0.2) is 0 Å². The minimum Gasteiger partial charge on any atom is -0.396 e. The van der Waals surface area contributed by atoms with Crippen molar-refractivity contribution < 1.29 is 14.4 Å². The number of nitrogen functional groups attached to an aromatic ring is 1. The predicted octanol–water partition coefficient (Wildman–Crippen LogP) is 0.549. The molecular weight excluding hydrogens is 292 g/mol. The van der Waals surface area contributed by atoms with Gasteiger partial charge >= 0.3 is 5.69 Å². The summed E-state index contributed by atoms with van der Waals surface area (Å²) >= 11 is 0. The molecule has 0 aliphatic heterocycles. The normalized spacial score (nSPS) is 10.1. The fraction of sp³-hybridized carbons (Fsp3) is 0.500. The minimum atomic E-state index is -0.476. The monoisotopic (exact) mass is 312 g/mol. The molecule has 0 amide bonds. The van der Waals surface area contributed by atoms with Gasteiger partial charge in [0.25, 0.3) is 0 Å². The molecule has 0 fully saturated rings. The van der Waals surface area contributed by atoms with Crippen molar-refractivity contribution in [1.82, 2.24) is 19.6 Å². The van der Waals surface area contributed by atoms with Crippen molar-refractivity contribution >= 4 is 11.4 Å². The molecule has 0 saturated heterocycles. The van der Waals surface area contributed by atoms with E-state index in [4.69, 9.17) is 15.2 Å². The summed E-state index contributed by atoms with van der Waals surface area (Å²) in [6.45, 7) is 2.46. The van der Waals surface area contributed by atoms with E-state index >= 15 is 0 Å². The average Bonchev–Trinajstić information content (AvgIpc) is 3.12. The fourth-order valence-corrected chi connectivity index (χ4v) is 1.44. The van der Waals surface area contributed by atoms with E-state index in [2.05, 4.69) is 10.2 Å². The van der Waals surface area contributed by atoms with Gasteiger partial charge in [-0.1, -0.05) is 0 Å². The van der Waals surface area contributed by atoms with Crippen LogP contribution in [-0.4, -0.2) is 51.9 Å². The van der Waals surface area contributed by atoms with Crippen molar-refractivity contribution in [2.24, 2.45) is 0 Å². The summed E-state index contributed by atoms with van der Waals surface area (Å²) in [7, 11) is 3.23. The van der Waals surface area contributed by atoms with Gasteiger partial charge in [-0.15, -0.1) is 0 Å². The Morgan fingerprint density at radius 1 is 1.14 bits per heavy atom. The van der Waals surface area contributed by atoms with Crippen molar-refractivity contribution in [3.05, 3.63) is 34.9 Å². The molecule has 22 heavy (non-hydrogen) atoms. The van der Waals surface area contributed by atoms with Gasteiger partial charge in [0, 0.05) is 20.4 Å². The third-order valence-electron chi connectivity index (χ3n) is 2.53. The summed E-state index contributed by atoms with van der Waals surface area (Å²) < 4.78 is 12.9. The maximum Gasteiger partial charge on any atom is 0.306 e. The second-order valence-corrected chi connectivity index (χ2v) is 4.24. The van der Waals surface area contributed by atoms with E-state index in [-0.39, 0.29) is 5.69 Å². The van der Waals surface area contributed by atoms with Crippen molar-refractivity contribution in [3.8, 4) is 0 Å². The summed E-state index contributed by atoms with van der Waals surface area (Å²) in [5.41, 5.74) is 6.12. The highest BCUT2D eigenvalue weighted by atomic mass is 16.6. The molecule has 0 aliphatic carbocycles. The van der Waals surface area contributed by atoms with Crippen LogP contribution in [0.3, 0.4) is 0 Å². The number of nitro groups is 1. The average molecular weight is 312 g/mol. The lowest BCUT2D eigenvalue weighted by atomic mass is 10.6. The van der Waals surface area contributed by atoms with Gasteiger partial charge < -0.3 is 15.2 Å². The lowest BCUT2D eigenvalue weighted by Gasteiger charge is -1.97. The molecule has 2 aromatic heterocycles. The number of aromatic nitrogens is 4. The lowest BCUT2D eigenvalue weighted by Crippen LogP contribution is -2.03. The van der Waals surface area contributed by atoms with Crippen molar-refractivity contribution in [3.63, 3.8) is 0 Å². The Morgan fingerprint density at radius 2 is 1.68 bits per heavy atom. The molecule has 122 valence electrons. The number of hydrogen-bond donors (Lipinski definition) is 1. The molecule has 2 rings (SSSR count). The van der Waals surface area contributed by atoms with E-state index in [1.54, 1.807) is 31.3 Å². The molecule has 2 aromatic rings. The van der Waals surface area contributed by atoms with E-state index in [1.807, 2.05) is 0 Å². The summed E-state index contributed by atoms with van der Waals surface area (Å²) in [5, 5.41) is 17.9. The van der Waals surface area contributed by atoms with Crippen molar-refractivity contribution in [2.45, 2.75) is 13.1 Å². The molecule has 2 N–H and O–H groups in total. The topological polar surface area (TPSA) is 123 Å². The molecule has 0 bridgehead atoms. The first kappa shape index (κ1) is 17.6. The maximum atomic E-state index is 10.2. The fourth-order valence-electron chi connectivity index (χ4n) is 1.44. The SMILES string of the molecule is COCCn1cc(N)cn1.COCCn1cc([N+](=O)[O-])cn1. The molecular formula is C12H20N6O4. The van der Waals surface area contributed by atoms with Gasteiger partial charge in [0.15, 0.2) is 0 Å². The van der Waals surface area contributed by atoms with Crippen LogP contribution in [0.15, 0.2) is 24.8 Å².